The maximum absolute atomic E-state index is 11.4. The molecule has 0 amide bonds. The van der Waals surface area contributed by atoms with E-state index in [-0.39, 0.29) is 6.42 Å². The number of rotatable bonds is 4. The molecule has 1 aromatic heterocycles. The molecule has 1 atom stereocenters. The smallest absolute Gasteiger partial charge is 0.336 e. The molecule has 1 aliphatic rings. The largest absolute Gasteiger partial charge is 0.479 e. The van der Waals surface area contributed by atoms with Crippen LogP contribution in [0.3, 0.4) is 0 Å². The first-order valence-corrected chi connectivity index (χ1v) is 6.58. The average Bonchev–Trinajstić information content (AvgIpc) is 3.10. The van der Waals surface area contributed by atoms with E-state index in [9.17, 15) is 9.90 Å². The fourth-order valence-corrected chi connectivity index (χ4v) is 2.50. The van der Waals surface area contributed by atoms with Gasteiger partial charge in [0.15, 0.2) is 5.60 Å². The molecule has 0 bridgehead atoms. The van der Waals surface area contributed by atoms with Gasteiger partial charge < -0.3 is 14.4 Å². The maximum atomic E-state index is 11.4. The van der Waals surface area contributed by atoms with Gasteiger partial charge in [0, 0.05) is 24.7 Å². The van der Waals surface area contributed by atoms with Crippen molar-refractivity contribution in [2.45, 2.75) is 24.9 Å². The van der Waals surface area contributed by atoms with E-state index in [1.165, 1.54) is 0 Å². The summed E-state index contributed by atoms with van der Waals surface area (Å²) >= 11 is 0. The molecule has 2 aromatic rings. The summed E-state index contributed by atoms with van der Waals surface area (Å²) in [6.07, 6.45) is 1.47. The molecule has 1 unspecified atom stereocenters. The van der Waals surface area contributed by atoms with Crippen LogP contribution in [0, 0.1) is 0 Å². The van der Waals surface area contributed by atoms with Gasteiger partial charge in [-0.15, -0.1) is 0 Å². The highest BCUT2D eigenvalue weighted by Crippen LogP contribution is 2.31. The van der Waals surface area contributed by atoms with E-state index in [0.29, 0.717) is 24.5 Å². The molecule has 0 radical (unpaired) electrons. The van der Waals surface area contributed by atoms with Gasteiger partial charge in [-0.3, -0.25) is 0 Å². The zero-order valence-corrected chi connectivity index (χ0v) is 10.9. The Morgan fingerprint density at radius 3 is 2.80 bits per heavy atom. The van der Waals surface area contributed by atoms with E-state index < -0.39 is 11.6 Å². The molecule has 5 nitrogen and oxygen atoms in total. The van der Waals surface area contributed by atoms with E-state index in [2.05, 4.69) is 5.16 Å². The SMILES string of the molecule is O=C(O)C1(Cc2cc(-c3ccccc3)no2)CCCO1. The zero-order valence-electron chi connectivity index (χ0n) is 10.9. The first-order valence-electron chi connectivity index (χ1n) is 6.58. The molecule has 0 saturated carbocycles. The lowest BCUT2D eigenvalue weighted by atomic mass is 9.94. The number of carbonyl (C=O) groups is 1. The summed E-state index contributed by atoms with van der Waals surface area (Å²) in [5, 5.41) is 13.4. The van der Waals surface area contributed by atoms with E-state index in [0.717, 1.165) is 12.0 Å². The van der Waals surface area contributed by atoms with Crippen molar-refractivity contribution in [3.63, 3.8) is 0 Å². The Labute approximate surface area is 116 Å². The number of hydrogen-bond acceptors (Lipinski definition) is 4. The number of benzene rings is 1. The molecule has 1 aromatic carbocycles. The van der Waals surface area contributed by atoms with E-state index >= 15 is 0 Å². The van der Waals surface area contributed by atoms with Crippen molar-refractivity contribution in [3.05, 3.63) is 42.2 Å². The Bertz CT molecular complexity index is 599. The first-order chi connectivity index (χ1) is 9.70. The predicted octanol–water partition coefficient (Wildman–Crippen LogP) is 2.52. The van der Waals surface area contributed by atoms with E-state index in [1.807, 2.05) is 30.3 Å². The molecular weight excluding hydrogens is 258 g/mol. The van der Waals surface area contributed by atoms with Crippen LogP contribution in [0.5, 0.6) is 0 Å². The molecule has 20 heavy (non-hydrogen) atoms. The minimum Gasteiger partial charge on any atom is -0.479 e. The monoisotopic (exact) mass is 273 g/mol. The molecule has 1 aliphatic heterocycles. The summed E-state index contributed by atoms with van der Waals surface area (Å²) in [5.41, 5.74) is 0.492. The van der Waals surface area contributed by atoms with Crippen molar-refractivity contribution < 1.29 is 19.2 Å². The minimum absolute atomic E-state index is 0.210. The third-order valence-corrected chi connectivity index (χ3v) is 3.58. The van der Waals surface area contributed by atoms with Crippen LogP contribution >= 0.6 is 0 Å². The second kappa shape index (κ2) is 5.09. The van der Waals surface area contributed by atoms with Crippen molar-refractivity contribution in [1.82, 2.24) is 5.16 Å². The van der Waals surface area contributed by atoms with Gasteiger partial charge in [-0.2, -0.15) is 0 Å². The van der Waals surface area contributed by atoms with Gasteiger partial charge in [0.1, 0.15) is 11.5 Å². The molecule has 104 valence electrons. The third kappa shape index (κ3) is 2.32. The van der Waals surface area contributed by atoms with Crippen LogP contribution in [0.2, 0.25) is 0 Å². The van der Waals surface area contributed by atoms with Gasteiger partial charge in [0.25, 0.3) is 0 Å². The van der Waals surface area contributed by atoms with Gasteiger partial charge >= 0.3 is 5.97 Å². The van der Waals surface area contributed by atoms with Crippen molar-refractivity contribution >= 4 is 5.97 Å². The summed E-state index contributed by atoms with van der Waals surface area (Å²) in [4.78, 5) is 11.4. The van der Waals surface area contributed by atoms with Crippen LogP contribution in [0.1, 0.15) is 18.6 Å². The zero-order chi connectivity index (χ0) is 14.0. The molecule has 1 fully saturated rings. The molecule has 3 rings (SSSR count). The second-order valence-corrected chi connectivity index (χ2v) is 4.97. The number of ether oxygens (including phenoxy) is 1. The molecule has 1 saturated heterocycles. The summed E-state index contributed by atoms with van der Waals surface area (Å²) in [7, 11) is 0. The average molecular weight is 273 g/mol. The number of carboxylic acids is 1. The highest BCUT2D eigenvalue weighted by Gasteiger charge is 2.44. The molecule has 0 aliphatic carbocycles. The number of nitrogens with zero attached hydrogens (tertiary/aromatic N) is 1. The lowest BCUT2D eigenvalue weighted by molar-refractivity contribution is -0.160. The van der Waals surface area contributed by atoms with Crippen LogP contribution in [-0.2, 0) is 16.0 Å². The fraction of sp³-hybridized carbons (Fsp3) is 0.333. The number of hydrogen-bond donors (Lipinski definition) is 1. The lowest BCUT2D eigenvalue weighted by Gasteiger charge is -2.21. The Morgan fingerprint density at radius 2 is 2.15 bits per heavy atom. The van der Waals surface area contributed by atoms with Crippen molar-refractivity contribution in [2.75, 3.05) is 6.61 Å². The summed E-state index contributed by atoms with van der Waals surface area (Å²) in [6, 6.07) is 11.4. The van der Waals surface area contributed by atoms with Crippen LogP contribution in [-0.4, -0.2) is 28.4 Å². The first kappa shape index (κ1) is 12.9. The van der Waals surface area contributed by atoms with Gasteiger partial charge in [-0.05, 0) is 12.8 Å². The Balaban J connectivity index is 1.82. The summed E-state index contributed by atoms with van der Waals surface area (Å²) in [5.74, 6) is -0.402. The number of carboxylic acid groups (broad SMARTS) is 1. The minimum atomic E-state index is -1.16. The van der Waals surface area contributed by atoms with Gasteiger partial charge in [0.05, 0.1) is 0 Å². The van der Waals surface area contributed by atoms with E-state index in [4.69, 9.17) is 9.26 Å². The van der Waals surface area contributed by atoms with Gasteiger partial charge in [-0.1, -0.05) is 35.5 Å². The third-order valence-electron chi connectivity index (χ3n) is 3.58. The highest BCUT2D eigenvalue weighted by molar-refractivity contribution is 5.78. The number of aromatic nitrogens is 1. The molecule has 2 heterocycles. The second-order valence-electron chi connectivity index (χ2n) is 4.97. The summed E-state index contributed by atoms with van der Waals surface area (Å²) < 4.78 is 10.7. The standard InChI is InChI=1S/C15H15NO4/c17-14(18)15(7-4-8-19-15)10-12-9-13(16-20-12)11-5-2-1-3-6-11/h1-3,5-6,9H,4,7-8,10H2,(H,17,18). The topological polar surface area (TPSA) is 72.6 Å². The molecular formula is C15H15NO4. The van der Waals surface area contributed by atoms with Crippen molar-refractivity contribution in [2.24, 2.45) is 0 Å². The molecule has 1 N–H and O–H groups in total. The highest BCUT2D eigenvalue weighted by atomic mass is 16.5. The van der Waals surface area contributed by atoms with Crippen LogP contribution in [0.25, 0.3) is 11.3 Å². The van der Waals surface area contributed by atoms with Gasteiger partial charge in [0.2, 0.25) is 0 Å². The van der Waals surface area contributed by atoms with Crippen LogP contribution < -0.4 is 0 Å². The van der Waals surface area contributed by atoms with Crippen LogP contribution in [0.4, 0.5) is 0 Å². The maximum Gasteiger partial charge on any atom is 0.336 e. The van der Waals surface area contributed by atoms with Crippen LogP contribution in [0.15, 0.2) is 40.9 Å². The summed E-state index contributed by atoms with van der Waals surface area (Å²) in [6.45, 7) is 0.478. The lowest BCUT2D eigenvalue weighted by Crippen LogP contribution is -2.40. The normalized spacial score (nSPS) is 22.0. The van der Waals surface area contributed by atoms with Crippen molar-refractivity contribution in [3.8, 4) is 11.3 Å². The number of aliphatic carboxylic acids is 1. The quantitative estimate of drug-likeness (QED) is 0.926. The fourth-order valence-electron chi connectivity index (χ4n) is 2.50. The Morgan fingerprint density at radius 1 is 1.35 bits per heavy atom. The van der Waals surface area contributed by atoms with Crippen molar-refractivity contribution in [1.29, 1.82) is 0 Å². The van der Waals surface area contributed by atoms with E-state index in [1.54, 1.807) is 6.07 Å². The van der Waals surface area contributed by atoms with Gasteiger partial charge in [-0.25, -0.2) is 4.79 Å². The predicted molar refractivity (Wildman–Crippen MR) is 71.2 cm³/mol. The molecule has 5 heteroatoms. The Kier molecular flexibility index (Phi) is 3.28. The molecule has 0 spiro atoms. The Hall–Kier alpha value is -2.14.